The molecule has 1 amide bonds. The Bertz CT molecular complexity index is 942. The average molecular weight is 357 g/mol. The number of primary amides is 1. The zero-order valence-electron chi connectivity index (χ0n) is 14.3. The molecule has 11 nitrogen and oxygen atoms in total. The van der Waals surface area contributed by atoms with Gasteiger partial charge in [0.05, 0.1) is 31.6 Å². The van der Waals surface area contributed by atoms with Gasteiger partial charge in [0.1, 0.15) is 6.33 Å². The number of imidazole rings is 1. The van der Waals surface area contributed by atoms with Crippen molar-refractivity contribution in [3.05, 3.63) is 18.7 Å². The highest BCUT2D eigenvalue weighted by atomic mass is 16.5. The maximum absolute atomic E-state index is 11.2. The van der Waals surface area contributed by atoms with Crippen LogP contribution in [0.1, 0.15) is 0 Å². The van der Waals surface area contributed by atoms with E-state index in [4.69, 9.17) is 15.5 Å². The Morgan fingerprint density at radius 1 is 1.35 bits per heavy atom. The van der Waals surface area contributed by atoms with Crippen molar-refractivity contribution in [2.45, 2.75) is 0 Å². The zero-order chi connectivity index (χ0) is 18.1. The molecule has 0 atom stereocenters. The summed E-state index contributed by atoms with van der Waals surface area (Å²) in [7, 11) is 1.84. The Balaban J connectivity index is 1.82. The molecule has 1 saturated heterocycles. The Hall–Kier alpha value is -3.21. The normalized spacial score (nSPS) is 14.7. The predicted molar refractivity (Wildman–Crippen MR) is 94.1 cm³/mol. The number of aryl methyl sites for hydroxylation is 1. The Morgan fingerprint density at radius 2 is 2.15 bits per heavy atom. The molecule has 0 aromatic carbocycles. The molecular formula is C15H19N9O2. The summed E-state index contributed by atoms with van der Waals surface area (Å²) in [6.45, 7) is 2.60. The van der Waals surface area contributed by atoms with Crippen molar-refractivity contribution in [3.63, 3.8) is 0 Å². The van der Waals surface area contributed by atoms with Gasteiger partial charge in [-0.25, -0.2) is 4.98 Å². The van der Waals surface area contributed by atoms with E-state index in [1.165, 1.54) is 0 Å². The summed E-state index contributed by atoms with van der Waals surface area (Å²) in [5, 5.41) is 7.15. The number of ether oxygens (including phenoxy) is 1. The third-order valence-corrected chi connectivity index (χ3v) is 4.08. The van der Waals surface area contributed by atoms with E-state index in [2.05, 4.69) is 20.4 Å². The standard InChI is InChI=1S/C15H19N9O2/c1-22-8-10(6-19-22)24-9-18-12-13(17-7-11(16)25)20-15(21-14(12)24)23-2-4-26-5-3-23/h6,8-9H,2-5,7H2,1H3,(H2,16,25)(H,17,20,21). The Morgan fingerprint density at radius 3 is 2.85 bits per heavy atom. The molecule has 3 aromatic heterocycles. The van der Waals surface area contributed by atoms with Crippen LogP contribution in [0.3, 0.4) is 0 Å². The molecule has 4 rings (SSSR count). The number of amides is 1. The van der Waals surface area contributed by atoms with Gasteiger partial charge in [-0.1, -0.05) is 0 Å². The number of carbonyl (C=O) groups is 1. The van der Waals surface area contributed by atoms with E-state index in [9.17, 15) is 4.79 Å². The van der Waals surface area contributed by atoms with Gasteiger partial charge in [0.15, 0.2) is 17.0 Å². The van der Waals surface area contributed by atoms with Crippen molar-refractivity contribution in [1.82, 2.24) is 29.3 Å². The van der Waals surface area contributed by atoms with Gasteiger partial charge in [-0.15, -0.1) is 0 Å². The lowest BCUT2D eigenvalue weighted by molar-refractivity contribution is -0.116. The summed E-state index contributed by atoms with van der Waals surface area (Å²) in [6.07, 6.45) is 5.26. The van der Waals surface area contributed by atoms with Crippen LogP contribution in [0.2, 0.25) is 0 Å². The second kappa shape index (κ2) is 6.59. The highest BCUT2D eigenvalue weighted by Gasteiger charge is 2.20. The molecule has 11 heteroatoms. The predicted octanol–water partition coefficient (Wildman–Crippen LogP) is -0.717. The molecule has 136 valence electrons. The van der Waals surface area contributed by atoms with Crippen LogP contribution >= 0.6 is 0 Å². The quantitative estimate of drug-likeness (QED) is 0.612. The Kier molecular flexibility index (Phi) is 4.13. The summed E-state index contributed by atoms with van der Waals surface area (Å²) < 4.78 is 8.94. The van der Waals surface area contributed by atoms with Crippen molar-refractivity contribution in [1.29, 1.82) is 0 Å². The summed E-state index contributed by atoms with van der Waals surface area (Å²) in [6, 6.07) is 0. The first kappa shape index (κ1) is 16.3. The first-order valence-electron chi connectivity index (χ1n) is 8.21. The minimum Gasteiger partial charge on any atom is -0.378 e. The minimum absolute atomic E-state index is 0.0333. The molecule has 0 radical (unpaired) electrons. The average Bonchev–Trinajstić information content (AvgIpc) is 3.26. The second-order valence-corrected chi connectivity index (χ2v) is 5.95. The van der Waals surface area contributed by atoms with E-state index < -0.39 is 5.91 Å². The van der Waals surface area contributed by atoms with Crippen LogP contribution in [-0.2, 0) is 16.6 Å². The highest BCUT2D eigenvalue weighted by Crippen LogP contribution is 2.25. The maximum Gasteiger partial charge on any atom is 0.236 e. The lowest BCUT2D eigenvalue weighted by Gasteiger charge is -2.27. The van der Waals surface area contributed by atoms with Crippen LogP contribution in [0.5, 0.6) is 0 Å². The number of nitrogens with zero attached hydrogens (tertiary/aromatic N) is 7. The molecule has 3 N–H and O–H groups in total. The summed E-state index contributed by atoms with van der Waals surface area (Å²) in [4.78, 5) is 26.9. The second-order valence-electron chi connectivity index (χ2n) is 5.95. The SMILES string of the molecule is Cn1cc(-n2cnc3c(NCC(N)=O)nc(N4CCOCC4)nc32)cn1. The molecule has 0 unspecified atom stereocenters. The van der Waals surface area contributed by atoms with Crippen molar-refractivity contribution in [2.24, 2.45) is 12.8 Å². The molecule has 0 spiro atoms. The van der Waals surface area contributed by atoms with Gasteiger partial charge < -0.3 is 20.7 Å². The fraction of sp³-hybridized carbons (Fsp3) is 0.400. The minimum atomic E-state index is -0.476. The third-order valence-electron chi connectivity index (χ3n) is 4.08. The van der Waals surface area contributed by atoms with Gasteiger partial charge in [-0.3, -0.25) is 14.0 Å². The first-order chi connectivity index (χ1) is 12.6. The van der Waals surface area contributed by atoms with Gasteiger partial charge >= 0.3 is 0 Å². The number of aromatic nitrogens is 6. The number of anilines is 2. The van der Waals surface area contributed by atoms with Gasteiger partial charge in [-0.05, 0) is 0 Å². The molecule has 4 heterocycles. The summed E-state index contributed by atoms with van der Waals surface area (Å²) in [5.74, 6) is 0.549. The van der Waals surface area contributed by atoms with E-state index in [-0.39, 0.29) is 6.54 Å². The molecule has 1 fully saturated rings. The van der Waals surface area contributed by atoms with Gasteiger partial charge in [0.25, 0.3) is 0 Å². The van der Waals surface area contributed by atoms with Crippen LogP contribution in [0, 0.1) is 0 Å². The fourth-order valence-corrected chi connectivity index (χ4v) is 2.81. The molecule has 1 aliphatic rings. The third kappa shape index (κ3) is 3.04. The van der Waals surface area contributed by atoms with Crippen LogP contribution in [-0.4, -0.2) is 68.1 Å². The van der Waals surface area contributed by atoms with Crippen molar-refractivity contribution in [2.75, 3.05) is 43.1 Å². The summed E-state index contributed by atoms with van der Waals surface area (Å²) in [5.41, 5.74) is 7.28. The van der Waals surface area contributed by atoms with E-state index >= 15 is 0 Å². The van der Waals surface area contributed by atoms with Gasteiger partial charge in [-0.2, -0.15) is 15.1 Å². The lowest BCUT2D eigenvalue weighted by atomic mass is 10.4. The number of hydrogen-bond acceptors (Lipinski definition) is 8. The monoisotopic (exact) mass is 357 g/mol. The molecule has 3 aromatic rings. The number of carbonyl (C=O) groups excluding carboxylic acids is 1. The molecule has 1 aliphatic heterocycles. The fourth-order valence-electron chi connectivity index (χ4n) is 2.81. The maximum atomic E-state index is 11.2. The number of morpholine rings is 1. The molecule has 0 bridgehead atoms. The lowest BCUT2D eigenvalue weighted by Crippen LogP contribution is -2.37. The molecule has 0 saturated carbocycles. The van der Waals surface area contributed by atoms with Crippen LogP contribution in [0.4, 0.5) is 11.8 Å². The summed E-state index contributed by atoms with van der Waals surface area (Å²) >= 11 is 0. The number of hydrogen-bond donors (Lipinski definition) is 2. The smallest absolute Gasteiger partial charge is 0.236 e. The molecule has 0 aliphatic carbocycles. The van der Waals surface area contributed by atoms with Crippen molar-refractivity contribution in [3.8, 4) is 5.69 Å². The first-order valence-corrected chi connectivity index (χ1v) is 8.21. The largest absolute Gasteiger partial charge is 0.378 e. The molecule has 26 heavy (non-hydrogen) atoms. The van der Waals surface area contributed by atoms with Crippen LogP contribution in [0.25, 0.3) is 16.9 Å². The van der Waals surface area contributed by atoms with E-state index in [0.29, 0.717) is 49.2 Å². The Labute approximate surface area is 148 Å². The van der Waals surface area contributed by atoms with Gasteiger partial charge in [0.2, 0.25) is 11.9 Å². The number of rotatable bonds is 5. The number of fused-ring (bicyclic) bond motifs is 1. The van der Waals surface area contributed by atoms with Crippen LogP contribution in [0.15, 0.2) is 18.7 Å². The van der Waals surface area contributed by atoms with Crippen molar-refractivity contribution >= 4 is 28.8 Å². The number of nitrogens with two attached hydrogens (primary N) is 1. The van der Waals surface area contributed by atoms with Gasteiger partial charge in [0, 0.05) is 26.3 Å². The van der Waals surface area contributed by atoms with E-state index in [1.54, 1.807) is 17.2 Å². The van der Waals surface area contributed by atoms with Crippen LogP contribution < -0.4 is 16.0 Å². The molecular weight excluding hydrogens is 338 g/mol. The van der Waals surface area contributed by atoms with E-state index in [1.807, 2.05) is 22.7 Å². The van der Waals surface area contributed by atoms with Crippen molar-refractivity contribution < 1.29 is 9.53 Å². The van der Waals surface area contributed by atoms with E-state index in [0.717, 1.165) is 5.69 Å². The highest BCUT2D eigenvalue weighted by molar-refractivity contribution is 5.88. The topological polar surface area (TPSA) is 129 Å². The zero-order valence-corrected chi connectivity index (χ0v) is 14.3. The number of nitrogens with one attached hydrogen (secondary N) is 1.